The molecular weight excluding hydrogens is 264 g/mol. The lowest BCUT2D eigenvalue weighted by Crippen LogP contribution is -2.16. The van der Waals surface area contributed by atoms with Crippen molar-refractivity contribution in [3.63, 3.8) is 0 Å². The SMILES string of the molecule is CCc1cc(C(=O)Nc2nc(C(C)O)cs2)n(C)n1. The monoisotopic (exact) mass is 280 g/mol. The van der Waals surface area contributed by atoms with Gasteiger partial charge in [0.15, 0.2) is 5.13 Å². The topological polar surface area (TPSA) is 80.0 Å². The van der Waals surface area contributed by atoms with Crippen LogP contribution in [0.25, 0.3) is 0 Å². The van der Waals surface area contributed by atoms with Gasteiger partial charge in [0.2, 0.25) is 0 Å². The van der Waals surface area contributed by atoms with Crippen molar-refractivity contribution in [3.05, 3.63) is 28.5 Å². The molecule has 1 atom stereocenters. The third-order valence-corrected chi connectivity index (χ3v) is 3.47. The van der Waals surface area contributed by atoms with Gasteiger partial charge in [-0.1, -0.05) is 6.92 Å². The summed E-state index contributed by atoms with van der Waals surface area (Å²) < 4.78 is 1.55. The van der Waals surface area contributed by atoms with Crippen LogP contribution in [0.1, 0.15) is 41.8 Å². The van der Waals surface area contributed by atoms with Crippen LogP contribution in [0.15, 0.2) is 11.4 Å². The highest BCUT2D eigenvalue weighted by molar-refractivity contribution is 7.14. The van der Waals surface area contributed by atoms with Gasteiger partial charge in [0.1, 0.15) is 5.69 Å². The van der Waals surface area contributed by atoms with Crippen molar-refractivity contribution in [2.45, 2.75) is 26.4 Å². The maximum atomic E-state index is 12.1. The molecule has 0 radical (unpaired) electrons. The van der Waals surface area contributed by atoms with E-state index in [2.05, 4.69) is 15.4 Å². The van der Waals surface area contributed by atoms with Crippen LogP contribution in [0.3, 0.4) is 0 Å². The lowest BCUT2D eigenvalue weighted by Gasteiger charge is -2.01. The zero-order chi connectivity index (χ0) is 14.0. The maximum Gasteiger partial charge on any atom is 0.275 e. The number of aryl methyl sites for hydroxylation is 2. The quantitative estimate of drug-likeness (QED) is 0.894. The Morgan fingerprint density at radius 3 is 2.89 bits per heavy atom. The van der Waals surface area contributed by atoms with Crippen LogP contribution in [-0.4, -0.2) is 25.8 Å². The highest BCUT2D eigenvalue weighted by Crippen LogP contribution is 2.20. The largest absolute Gasteiger partial charge is 0.387 e. The van der Waals surface area contributed by atoms with Crippen LogP contribution >= 0.6 is 11.3 Å². The molecule has 1 unspecified atom stereocenters. The first-order valence-corrected chi connectivity index (χ1v) is 6.87. The van der Waals surface area contributed by atoms with Gasteiger partial charge in [0.25, 0.3) is 5.91 Å². The molecule has 2 rings (SSSR count). The number of amides is 1. The molecule has 102 valence electrons. The summed E-state index contributed by atoms with van der Waals surface area (Å²) in [7, 11) is 1.73. The van der Waals surface area contributed by atoms with E-state index in [1.807, 2.05) is 6.92 Å². The predicted octanol–water partition coefficient (Wildman–Crippen LogP) is 1.74. The summed E-state index contributed by atoms with van der Waals surface area (Å²) in [5.74, 6) is -0.249. The van der Waals surface area contributed by atoms with Crippen LogP contribution < -0.4 is 5.32 Å². The van der Waals surface area contributed by atoms with Gasteiger partial charge in [-0.2, -0.15) is 5.10 Å². The summed E-state index contributed by atoms with van der Waals surface area (Å²) in [6.45, 7) is 3.62. The fourth-order valence-corrected chi connectivity index (χ4v) is 2.40. The van der Waals surface area contributed by atoms with Gasteiger partial charge in [-0.25, -0.2) is 4.98 Å². The minimum Gasteiger partial charge on any atom is -0.387 e. The standard InChI is InChI=1S/C12H16N4O2S/c1-4-8-5-10(16(3)15-8)11(18)14-12-13-9(6-19-12)7(2)17/h5-7,17H,4H2,1-3H3,(H,13,14,18). The molecule has 0 fully saturated rings. The molecule has 0 saturated carbocycles. The number of aliphatic hydroxyl groups excluding tert-OH is 1. The van der Waals surface area contributed by atoms with E-state index in [0.717, 1.165) is 12.1 Å². The Labute approximate surface area is 115 Å². The molecule has 2 aromatic rings. The molecule has 6 nitrogen and oxygen atoms in total. The van der Waals surface area contributed by atoms with E-state index in [9.17, 15) is 9.90 Å². The summed E-state index contributed by atoms with van der Waals surface area (Å²) in [6, 6.07) is 1.76. The molecule has 0 aliphatic carbocycles. The molecule has 2 aromatic heterocycles. The van der Waals surface area contributed by atoms with E-state index in [-0.39, 0.29) is 5.91 Å². The van der Waals surface area contributed by atoms with E-state index in [4.69, 9.17) is 0 Å². The second kappa shape index (κ2) is 5.50. The Morgan fingerprint density at radius 2 is 2.37 bits per heavy atom. The van der Waals surface area contributed by atoms with Crippen molar-refractivity contribution in [1.82, 2.24) is 14.8 Å². The first-order chi connectivity index (χ1) is 9.01. The molecule has 0 aromatic carbocycles. The first-order valence-electron chi connectivity index (χ1n) is 5.99. The molecule has 19 heavy (non-hydrogen) atoms. The average molecular weight is 280 g/mol. The fourth-order valence-electron chi connectivity index (χ4n) is 1.61. The van der Waals surface area contributed by atoms with E-state index in [1.54, 1.807) is 30.1 Å². The molecule has 0 aliphatic rings. The number of carbonyl (C=O) groups excluding carboxylic acids is 1. The number of carbonyl (C=O) groups is 1. The summed E-state index contributed by atoms with van der Waals surface area (Å²) in [4.78, 5) is 16.2. The van der Waals surface area contributed by atoms with Crippen molar-refractivity contribution >= 4 is 22.4 Å². The highest BCUT2D eigenvalue weighted by atomic mass is 32.1. The smallest absolute Gasteiger partial charge is 0.275 e. The van der Waals surface area contributed by atoms with Gasteiger partial charge in [-0.3, -0.25) is 14.8 Å². The molecule has 7 heteroatoms. The highest BCUT2D eigenvalue weighted by Gasteiger charge is 2.15. The van der Waals surface area contributed by atoms with Crippen molar-refractivity contribution in [3.8, 4) is 0 Å². The van der Waals surface area contributed by atoms with Crippen LogP contribution in [0.4, 0.5) is 5.13 Å². The van der Waals surface area contributed by atoms with Gasteiger partial charge in [0.05, 0.1) is 17.5 Å². The molecule has 2 heterocycles. The molecule has 0 spiro atoms. The van der Waals surface area contributed by atoms with E-state index < -0.39 is 6.10 Å². The zero-order valence-electron chi connectivity index (χ0n) is 11.0. The molecule has 0 aliphatic heterocycles. The van der Waals surface area contributed by atoms with E-state index in [0.29, 0.717) is 16.5 Å². The molecule has 0 bridgehead atoms. The number of nitrogens with one attached hydrogen (secondary N) is 1. The van der Waals surface area contributed by atoms with Crippen molar-refractivity contribution < 1.29 is 9.90 Å². The van der Waals surface area contributed by atoms with Gasteiger partial charge >= 0.3 is 0 Å². The zero-order valence-corrected chi connectivity index (χ0v) is 11.9. The molecule has 1 amide bonds. The Hall–Kier alpha value is -1.73. The normalized spacial score (nSPS) is 12.4. The first kappa shape index (κ1) is 13.7. The number of hydrogen-bond acceptors (Lipinski definition) is 5. The lowest BCUT2D eigenvalue weighted by molar-refractivity contribution is 0.101. The summed E-state index contributed by atoms with van der Waals surface area (Å²) in [5, 5.41) is 18.5. The Morgan fingerprint density at radius 1 is 1.63 bits per heavy atom. The van der Waals surface area contributed by atoms with E-state index in [1.165, 1.54) is 11.3 Å². The average Bonchev–Trinajstić information content (AvgIpc) is 2.95. The molecule has 2 N–H and O–H groups in total. The summed E-state index contributed by atoms with van der Waals surface area (Å²) >= 11 is 1.29. The van der Waals surface area contributed by atoms with Crippen LogP contribution in [0.2, 0.25) is 0 Å². The van der Waals surface area contributed by atoms with Gasteiger partial charge in [-0.05, 0) is 19.4 Å². The van der Waals surface area contributed by atoms with Crippen LogP contribution in [0, 0.1) is 0 Å². The van der Waals surface area contributed by atoms with Crippen molar-refractivity contribution in [2.24, 2.45) is 7.05 Å². The van der Waals surface area contributed by atoms with Gasteiger partial charge in [-0.15, -0.1) is 11.3 Å². The Bertz CT molecular complexity index is 588. The van der Waals surface area contributed by atoms with Crippen LogP contribution in [-0.2, 0) is 13.5 Å². The lowest BCUT2D eigenvalue weighted by atomic mass is 10.3. The third kappa shape index (κ3) is 2.99. The Kier molecular flexibility index (Phi) is 3.96. The predicted molar refractivity (Wildman–Crippen MR) is 73.3 cm³/mol. The summed E-state index contributed by atoms with van der Waals surface area (Å²) in [5.41, 5.74) is 1.92. The number of thiazole rings is 1. The summed E-state index contributed by atoms with van der Waals surface area (Å²) in [6.07, 6.45) is 0.148. The maximum absolute atomic E-state index is 12.1. The van der Waals surface area contributed by atoms with Crippen molar-refractivity contribution in [1.29, 1.82) is 0 Å². The third-order valence-electron chi connectivity index (χ3n) is 2.70. The van der Waals surface area contributed by atoms with Crippen LogP contribution in [0.5, 0.6) is 0 Å². The number of aliphatic hydroxyl groups is 1. The fraction of sp³-hybridized carbons (Fsp3) is 0.417. The van der Waals surface area contributed by atoms with E-state index >= 15 is 0 Å². The van der Waals surface area contributed by atoms with Gasteiger partial charge < -0.3 is 5.11 Å². The Balaban J connectivity index is 2.13. The molecular formula is C12H16N4O2S. The number of rotatable bonds is 4. The van der Waals surface area contributed by atoms with Gasteiger partial charge in [0, 0.05) is 12.4 Å². The minimum atomic E-state index is -0.634. The number of aromatic nitrogens is 3. The number of nitrogens with zero attached hydrogens (tertiary/aromatic N) is 3. The van der Waals surface area contributed by atoms with Crippen molar-refractivity contribution in [2.75, 3.05) is 5.32 Å². The number of hydrogen-bond donors (Lipinski definition) is 2. The minimum absolute atomic E-state index is 0.249. The molecule has 0 saturated heterocycles. The number of anilines is 1. The second-order valence-electron chi connectivity index (χ2n) is 4.21. The second-order valence-corrected chi connectivity index (χ2v) is 5.06.